The fraction of sp³-hybridized carbons (Fsp3) is 0.308. The molecule has 4 heteroatoms. The lowest BCUT2D eigenvalue weighted by Crippen LogP contribution is -2.35. The van der Waals surface area contributed by atoms with Gasteiger partial charge in [0.15, 0.2) is 0 Å². The van der Waals surface area contributed by atoms with Gasteiger partial charge in [0.05, 0.1) is 13.1 Å². The van der Waals surface area contributed by atoms with Crippen molar-refractivity contribution >= 4 is 5.91 Å². The van der Waals surface area contributed by atoms with Crippen molar-refractivity contribution in [3.05, 3.63) is 35.6 Å². The van der Waals surface area contributed by atoms with E-state index in [9.17, 15) is 9.18 Å². The number of benzene rings is 1. The summed E-state index contributed by atoms with van der Waals surface area (Å²) in [6, 6.07) is 6.51. The number of hydrogen-bond donors (Lipinski definition) is 1. The first-order chi connectivity index (χ1) is 8.13. The molecular formula is C13H15FN2O. The predicted octanol–water partition coefficient (Wildman–Crippen LogP) is 1.01. The Morgan fingerprint density at radius 2 is 2.24 bits per heavy atom. The molecule has 0 spiro atoms. The lowest BCUT2D eigenvalue weighted by atomic mass is 10.2. The third-order valence-corrected chi connectivity index (χ3v) is 2.20. The van der Waals surface area contributed by atoms with Crippen LogP contribution in [0, 0.1) is 18.2 Å². The molecule has 3 nitrogen and oxygen atoms in total. The fourth-order valence-corrected chi connectivity index (χ4v) is 1.42. The van der Waals surface area contributed by atoms with Gasteiger partial charge in [-0.3, -0.25) is 9.69 Å². The van der Waals surface area contributed by atoms with Crippen LogP contribution in [-0.4, -0.2) is 30.9 Å². The number of nitrogens with one attached hydrogen (secondary N) is 1. The summed E-state index contributed by atoms with van der Waals surface area (Å²) in [6.07, 6.45) is 5.02. The van der Waals surface area contributed by atoms with Crippen LogP contribution < -0.4 is 5.32 Å². The number of halogens is 1. The minimum Gasteiger partial charge on any atom is -0.344 e. The van der Waals surface area contributed by atoms with Crippen LogP contribution in [0.3, 0.4) is 0 Å². The van der Waals surface area contributed by atoms with Gasteiger partial charge in [0.1, 0.15) is 5.82 Å². The highest BCUT2D eigenvalue weighted by Crippen LogP contribution is 2.08. The van der Waals surface area contributed by atoms with Crippen molar-refractivity contribution in [2.24, 2.45) is 0 Å². The highest BCUT2D eigenvalue weighted by molar-refractivity contribution is 5.78. The third kappa shape index (κ3) is 4.66. The Bertz CT molecular complexity index is 426. The molecule has 1 aromatic rings. The molecule has 0 heterocycles. The quantitative estimate of drug-likeness (QED) is 0.771. The minimum atomic E-state index is -0.261. The van der Waals surface area contributed by atoms with Crippen LogP contribution in [0.1, 0.15) is 5.56 Å². The predicted molar refractivity (Wildman–Crippen MR) is 64.6 cm³/mol. The fourth-order valence-electron chi connectivity index (χ4n) is 1.42. The zero-order valence-electron chi connectivity index (χ0n) is 9.74. The minimum absolute atomic E-state index is 0.165. The van der Waals surface area contributed by atoms with E-state index in [2.05, 4.69) is 11.2 Å². The second-order valence-electron chi connectivity index (χ2n) is 3.74. The van der Waals surface area contributed by atoms with Crippen LogP contribution in [0.5, 0.6) is 0 Å². The number of amides is 1. The van der Waals surface area contributed by atoms with Crippen molar-refractivity contribution in [2.45, 2.75) is 6.54 Å². The van der Waals surface area contributed by atoms with E-state index in [1.807, 2.05) is 0 Å². The number of likely N-dealkylation sites (N-methyl/N-ethyl adjacent to an activating group) is 1. The summed E-state index contributed by atoms with van der Waals surface area (Å²) in [5, 5.41) is 2.55. The van der Waals surface area contributed by atoms with Crippen LogP contribution in [0.25, 0.3) is 0 Å². The molecule has 17 heavy (non-hydrogen) atoms. The first kappa shape index (κ1) is 13.2. The molecule has 1 amide bonds. The average molecular weight is 234 g/mol. The second kappa shape index (κ2) is 6.66. The Morgan fingerprint density at radius 1 is 1.53 bits per heavy atom. The number of carbonyl (C=O) groups is 1. The maximum atomic E-state index is 13.3. The molecule has 0 bridgehead atoms. The van der Waals surface area contributed by atoms with Crippen LogP contribution in [0.4, 0.5) is 4.39 Å². The summed E-state index contributed by atoms with van der Waals surface area (Å²) in [5.41, 5.74) is 0.569. The molecule has 0 aliphatic rings. The van der Waals surface area contributed by atoms with Crippen molar-refractivity contribution in [3.8, 4) is 12.3 Å². The maximum absolute atomic E-state index is 13.3. The van der Waals surface area contributed by atoms with Crippen LogP contribution in [0.2, 0.25) is 0 Å². The first-order valence-corrected chi connectivity index (χ1v) is 5.25. The lowest BCUT2D eigenvalue weighted by molar-refractivity contribution is -0.121. The van der Waals surface area contributed by atoms with Gasteiger partial charge >= 0.3 is 0 Å². The molecule has 0 unspecified atom stereocenters. The van der Waals surface area contributed by atoms with Gasteiger partial charge in [-0.25, -0.2) is 4.39 Å². The van der Waals surface area contributed by atoms with E-state index in [-0.39, 0.29) is 24.8 Å². The highest BCUT2D eigenvalue weighted by atomic mass is 19.1. The summed E-state index contributed by atoms with van der Waals surface area (Å²) in [7, 11) is 1.75. The molecule has 0 aliphatic heterocycles. The summed E-state index contributed by atoms with van der Waals surface area (Å²) >= 11 is 0. The zero-order chi connectivity index (χ0) is 12.7. The van der Waals surface area contributed by atoms with E-state index < -0.39 is 0 Å². The zero-order valence-corrected chi connectivity index (χ0v) is 9.74. The van der Waals surface area contributed by atoms with E-state index in [0.29, 0.717) is 12.1 Å². The number of rotatable bonds is 5. The molecule has 90 valence electrons. The van der Waals surface area contributed by atoms with Crippen molar-refractivity contribution < 1.29 is 9.18 Å². The smallest absolute Gasteiger partial charge is 0.234 e. The second-order valence-corrected chi connectivity index (χ2v) is 3.74. The van der Waals surface area contributed by atoms with Crippen molar-refractivity contribution in [3.63, 3.8) is 0 Å². The molecule has 0 radical (unpaired) electrons. The van der Waals surface area contributed by atoms with Gasteiger partial charge in [0.25, 0.3) is 0 Å². The summed E-state index contributed by atoms with van der Waals surface area (Å²) in [6.45, 7) is 0.790. The molecule has 1 rings (SSSR count). The monoisotopic (exact) mass is 234 g/mol. The van der Waals surface area contributed by atoms with E-state index >= 15 is 0 Å². The standard InChI is InChI=1S/C13H15FN2O/c1-3-8-15-13(17)10-16(2)9-11-6-4-5-7-12(11)14/h1,4-7H,8-10H2,2H3,(H,15,17). The van der Waals surface area contributed by atoms with Crippen LogP contribution in [0.15, 0.2) is 24.3 Å². The summed E-state index contributed by atoms with van der Waals surface area (Å²) in [4.78, 5) is 13.1. The van der Waals surface area contributed by atoms with Gasteiger partial charge in [-0.15, -0.1) is 6.42 Å². The Morgan fingerprint density at radius 3 is 2.88 bits per heavy atom. The Labute approximate surface area is 101 Å². The van der Waals surface area contributed by atoms with Gasteiger partial charge in [-0.2, -0.15) is 0 Å². The number of hydrogen-bond acceptors (Lipinski definition) is 2. The third-order valence-electron chi connectivity index (χ3n) is 2.20. The Balaban J connectivity index is 2.45. The average Bonchev–Trinajstić information content (AvgIpc) is 2.29. The van der Waals surface area contributed by atoms with Gasteiger partial charge in [0, 0.05) is 12.1 Å². The molecule has 1 aromatic carbocycles. The van der Waals surface area contributed by atoms with E-state index in [1.165, 1.54) is 6.07 Å². The molecule has 0 saturated carbocycles. The van der Waals surface area contributed by atoms with Crippen LogP contribution >= 0.6 is 0 Å². The molecule has 0 fully saturated rings. The topological polar surface area (TPSA) is 32.3 Å². The van der Waals surface area contributed by atoms with E-state index in [1.54, 1.807) is 30.1 Å². The highest BCUT2D eigenvalue weighted by Gasteiger charge is 2.08. The van der Waals surface area contributed by atoms with Crippen LogP contribution in [-0.2, 0) is 11.3 Å². The number of terminal acetylenes is 1. The van der Waals surface area contributed by atoms with Crippen molar-refractivity contribution in [1.29, 1.82) is 0 Å². The molecule has 1 N–H and O–H groups in total. The normalized spacial score (nSPS) is 10.0. The largest absolute Gasteiger partial charge is 0.344 e. The first-order valence-electron chi connectivity index (χ1n) is 5.25. The van der Waals surface area contributed by atoms with Crippen molar-refractivity contribution in [2.75, 3.05) is 20.1 Å². The maximum Gasteiger partial charge on any atom is 0.234 e. The number of nitrogens with zero attached hydrogens (tertiary/aromatic N) is 1. The molecule has 0 saturated heterocycles. The molecule has 0 atom stereocenters. The summed E-state index contributed by atoms with van der Waals surface area (Å²) in [5.74, 6) is 1.89. The molecule has 0 aromatic heterocycles. The lowest BCUT2D eigenvalue weighted by Gasteiger charge is -2.16. The van der Waals surface area contributed by atoms with Gasteiger partial charge in [-0.1, -0.05) is 24.1 Å². The van der Waals surface area contributed by atoms with E-state index in [4.69, 9.17) is 6.42 Å². The van der Waals surface area contributed by atoms with Gasteiger partial charge < -0.3 is 5.32 Å². The number of carbonyl (C=O) groups excluding carboxylic acids is 1. The molecule has 0 aliphatic carbocycles. The van der Waals surface area contributed by atoms with E-state index in [0.717, 1.165) is 0 Å². The Hall–Kier alpha value is -1.86. The molecular weight excluding hydrogens is 219 g/mol. The summed E-state index contributed by atoms with van der Waals surface area (Å²) < 4.78 is 13.3. The van der Waals surface area contributed by atoms with Crippen molar-refractivity contribution in [1.82, 2.24) is 10.2 Å². The van der Waals surface area contributed by atoms with Gasteiger partial charge in [0.2, 0.25) is 5.91 Å². The SMILES string of the molecule is C#CCNC(=O)CN(C)Cc1ccccc1F. The Kier molecular flexibility index (Phi) is 5.18. The van der Waals surface area contributed by atoms with Gasteiger partial charge in [-0.05, 0) is 13.1 Å².